The normalized spacial score (nSPS) is 13.3. The summed E-state index contributed by atoms with van der Waals surface area (Å²) in [5.41, 5.74) is 5.06. The second-order valence-corrected chi connectivity index (χ2v) is 7.51. The van der Waals surface area contributed by atoms with E-state index in [1.165, 1.54) is 6.07 Å². The van der Waals surface area contributed by atoms with Crippen LogP contribution in [0.2, 0.25) is 5.02 Å². The third-order valence-corrected chi connectivity index (χ3v) is 5.54. The van der Waals surface area contributed by atoms with Crippen LogP contribution < -0.4 is 10.1 Å². The molecular weight excluding hydrogens is 391 g/mol. The summed E-state index contributed by atoms with van der Waals surface area (Å²) in [5.74, 6) is -0.0968. The molecule has 0 saturated carbocycles. The number of nitrogens with one attached hydrogen (secondary N) is 1. The van der Waals surface area contributed by atoms with Gasteiger partial charge in [0.1, 0.15) is 12.4 Å². The van der Waals surface area contributed by atoms with Crippen LogP contribution in [-0.4, -0.2) is 24.0 Å². The molecule has 0 saturated heterocycles. The van der Waals surface area contributed by atoms with E-state index < -0.39 is 0 Å². The van der Waals surface area contributed by atoms with E-state index in [0.717, 1.165) is 27.9 Å². The van der Waals surface area contributed by atoms with Gasteiger partial charge in [0.05, 0.1) is 17.1 Å². The highest BCUT2D eigenvalue weighted by Gasteiger charge is 2.23. The van der Waals surface area contributed by atoms with Crippen molar-refractivity contribution in [2.45, 2.75) is 20.3 Å². The second kappa shape index (κ2) is 7.84. The van der Waals surface area contributed by atoms with E-state index in [-0.39, 0.29) is 11.7 Å². The molecule has 0 fully saturated rings. The molecule has 3 aromatic rings. The van der Waals surface area contributed by atoms with E-state index >= 15 is 0 Å². The van der Waals surface area contributed by atoms with E-state index in [1.807, 2.05) is 26.0 Å². The molecule has 0 aliphatic carbocycles. The van der Waals surface area contributed by atoms with Crippen LogP contribution in [0.15, 0.2) is 42.6 Å². The molecule has 1 aliphatic rings. The molecule has 1 N–H and O–H groups in total. The van der Waals surface area contributed by atoms with Gasteiger partial charge in [0.15, 0.2) is 5.75 Å². The first-order valence-corrected chi connectivity index (χ1v) is 9.76. The smallest absolute Gasteiger partial charge is 0.255 e. The van der Waals surface area contributed by atoms with Gasteiger partial charge >= 0.3 is 0 Å². The number of carbonyl (C=O) groups is 1. The van der Waals surface area contributed by atoms with Crippen LogP contribution in [-0.2, 0) is 6.42 Å². The SMILES string of the molecule is Cc1cc(-c2ccc(Cc3cc4c(c(Cl)c3C)OCCNC4=O)cc2F)ccn1. The Labute approximate surface area is 173 Å². The van der Waals surface area contributed by atoms with Crippen molar-refractivity contribution in [3.63, 3.8) is 0 Å². The van der Waals surface area contributed by atoms with Crippen LogP contribution in [0.3, 0.4) is 0 Å². The lowest BCUT2D eigenvalue weighted by Crippen LogP contribution is -2.24. The molecule has 0 unspecified atom stereocenters. The third-order valence-electron chi connectivity index (χ3n) is 5.09. The average molecular weight is 411 g/mol. The predicted molar refractivity (Wildman–Crippen MR) is 111 cm³/mol. The number of nitrogens with zero attached hydrogens (tertiary/aromatic N) is 1. The number of benzene rings is 2. The molecule has 1 aromatic heterocycles. The van der Waals surface area contributed by atoms with Crippen molar-refractivity contribution in [1.29, 1.82) is 0 Å². The fourth-order valence-corrected chi connectivity index (χ4v) is 3.80. The molecule has 0 atom stereocenters. The lowest BCUT2D eigenvalue weighted by atomic mass is 9.95. The molecule has 2 heterocycles. The zero-order valence-corrected chi connectivity index (χ0v) is 16.9. The number of fused-ring (bicyclic) bond motifs is 1. The van der Waals surface area contributed by atoms with E-state index in [2.05, 4.69) is 10.3 Å². The Bertz CT molecular complexity index is 1110. The van der Waals surface area contributed by atoms with Crippen LogP contribution in [0.4, 0.5) is 4.39 Å². The molecule has 4 rings (SSSR count). The van der Waals surface area contributed by atoms with Gasteiger partial charge < -0.3 is 10.1 Å². The number of aryl methyl sites for hydroxylation is 1. The number of pyridine rings is 1. The number of hydrogen-bond acceptors (Lipinski definition) is 3. The topological polar surface area (TPSA) is 51.2 Å². The third kappa shape index (κ3) is 3.83. The van der Waals surface area contributed by atoms with Crippen molar-refractivity contribution in [3.8, 4) is 16.9 Å². The Morgan fingerprint density at radius 2 is 2.00 bits per heavy atom. The van der Waals surface area contributed by atoms with Gasteiger partial charge in [-0.25, -0.2) is 4.39 Å². The monoisotopic (exact) mass is 410 g/mol. The lowest BCUT2D eigenvalue weighted by Gasteiger charge is -2.15. The standard InChI is InChI=1S/C23H20ClFN2O2/c1-13-9-16(5-6-26-13)18-4-3-15(11-20(18)25)10-17-12-19-22(21(24)14(17)2)29-8-7-27-23(19)28/h3-6,9,11-12H,7-8,10H2,1-2H3,(H,27,28). The Balaban J connectivity index is 1.69. The minimum Gasteiger partial charge on any atom is -0.489 e. The van der Waals surface area contributed by atoms with Crippen LogP contribution in [0.5, 0.6) is 5.75 Å². The average Bonchev–Trinajstić information content (AvgIpc) is 2.88. The minimum absolute atomic E-state index is 0.213. The summed E-state index contributed by atoms with van der Waals surface area (Å²) in [4.78, 5) is 16.5. The molecule has 0 spiro atoms. The molecule has 1 amide bonds. The fraction of sp³-hybridized carbons (Fsp3) is 0.217. The van der Waals surface area contributed by atoms with Gasteiger partial charge in [-0.05, 0) is 66.8 Å². The van der Waals surface area contributed by atoms with Crippen LogP contribution in [0.1, 0.15) is 32.7 Å². The van der Waals surface area contributed by atoms with Crippen molar-refractivity contribution in [1.82, 2.24) is 10.3 Å². The fourth-order valence-electron chi connectivity index (χ4n) is 3.52. The first kappa shape index (κ1) is 19.4. The number of aromatic nitrogens is 1. The number of carbonyl (C=O) groups excluding carboxylic acids is 1. The Kier molecular flexibility index (Phi) is 5.24. The van der Waals surface area contributed by atoms with Crippen molar-refractivity contribution in [3.05, 3.63) is 81.4 Å². The zero-order valence-electron chi connectivity index (χ0n) is 16.2. The molecule has 1 aliphatic heterocycles. The van der Waals surface area contributed by atoms with Gasteiger partial charge in [0.25, 0.3) is 5.91 Å². The van der Waals surface area contributed by atoms with Gasteiger partial charge in [-0.2, -0.15) is 0 Å². The zero-order chi connectivity index (χ0) is 20.5. The van der Waals surface area contributed by atoms with Crippen molar-refractivity contribution < 1.29 is 13.9 Å². The second-order valence-electron chi connectivity index (χ2n) is 7.13. The van der Waals surface area contributed by atoms with E-state index in [0.29, 0.717) is 41.5 Å². The number of halogens is 2. The molecule has 0 bridgehead atoms. The highest BCUT2D eigenvalue weighted by Crippen LogP contribution is 2.36. The Hall–Kier alpha value is -2.92. The molecule has 148 valence electrons. The predicted octanol–water partition coefficient (Wildman–Crippen LogP) is 4.87. The van der Waals surface area contributed by atoms with Crippen molar-refractivity contribution in [2.75, 3.05) is 13.2 Å². The minimum atomic E-state index is -0.298. The lowest BCUT2D eigenvalue weighted by molar-refractivity contribution is 0.0957. The van der Waals surface area contributed by atoms with Crippen molar-refractivity contribution >= 4 is 17.5 Å². The number of ether oxygens (including phenoxy) is 1. The van der Waals surface area contributed by atoms with Gasteiger partial charge in [-0.3, -0.25) is 9.78 Å². The molecule has 6 heteroatoms. The van der Waals surface area contributed by atoms with Crippen LogP contribution >= 0.6 is 11.6 Å². The maximum atomic E-state index is 14.8. The maximum absolute atomic E-state index is 14.8. The highest BCUT2D eigenvalue weighted by atomic mass is 35.5. The summed E-state index contributed by atoms with van der Waals surface area (Å²) in [6, 6.07) is 10.6. The number of amides is 1. The molecule has 0 radical (unpaired) electrons. The van der Waals surface area contributed by atoms with Crippen LogP contribution in [0, 0.1) is 19.7 Å². The van der Waals surface area contributed by atoms with Crippen molar-refractivity contribution in [2.24, 2.45) is 0 Å². The Morgan fingerprint density at radius 1 is 1.17 bits per heavy atom. The van der Waals surface area contributed by atoms with E-state index in [4.69, 9.17) is 16.3 Å². The molecule has 4 nitrogen and oxygen atoms in total. The largest absolute Gasteiger partial charge is 0.489 e. The van der Waals surface area contributed by atoms with Gasteiger partial charge in [0, 0.05) is 17.5 Å². The summed E-state index contributed by atoms with van der Waals surface area (Å²) in [5, 5.41) is 3.22. The summed E-state index contributed by atoms with van der Waals surface area (Å²) >= 11 is 6.49. The first-order chi connectivity index (χ1) is 13.9. The van der Waals surface area contributed by atoms with E-state index in [1.54, 1.807) is 24.4 Å². The summed E-state index contributed by atoms with van der Waals surface area (Å²) in [6.07, 6.45) is 2.13. The van der Waals surface area contributed by atoms with Gasteiger partial charge in [-0.15, -0.1) is 0 Å². The molecule has 2 aromatic carbocycles. The van der Waals surface area contributed by atoms with E-state index in [9.17, 15) is 9.18 Å². The Morgan fingerprint density at radius 3 is 2.76 bits per heavy atom. The first-order valence-electron chi connectivity index (χ1n) is 9.38. The summed E-state index contributed by atoms with van der Waals surface area (Å²) < 4.78 is 20.5. The maximum Gasteiger partial charge on any atom is 0.255 e. The van der Waals surface area contributed by atoms with Crippen LogP contribution in [0.25, 0.3) is 11.1 Å². The number of hydrogen-bond donors (Lipinski definition) is 1. The highest BCUT2D eigenvalue weighted by molar-refractivity contribution is 6.33. The summed E-state index contributed by atoms with van der Waals surface area (Å²) in [6.45, 7) is 4.56. The van der Waals surface area contributed by atoms with Gasteiger partial charge in [0.2, 0.25) is 0 Å². The molecule has 29 heavy (non-hydrogen) atoms. The van der Waals surface area contributed by atoms with Gasteiger partial charge in [-0.1, -0.05) is 23.7 Å². The summed E-state index contributed by atoms with van der Waals surface area (Å²) in [7, 11) is 0. The molecular formula is C23H20ClFN2O2. The number of rotatable bonds is 3. The quantitative estimate of drug-likeness (QED) is 0.670.